The first-order valence-electron chi connectivity index (χ1n) is 8.22. The predicted molar refractivity (Wildman–Crippen MR) is 88.2 cm³/mol. The molecule has 5 heteroatoms. The van der Waals surface area contributed by atoms with Gasteiger partial charge >= 0.3 is 0 Å². The van der Waals surface area contributed by atoms with Crippen molar-refractivity contribution in [3.63, 3.8) is 0 Å². The highest BCUT2D eigenvalue weighted by atomic mass is 16.3. The molecule has 5 nitrogen and oxygen atoms in total. The lowest BCUT2D eigenvalue weighted by atomic mass is 9.98. The van der Waals surface area contributed by atoms with Crippen LogP contribution in [0.2, 0.25) is 0 Å². The lowest BCUT2D eigenvalue weighted by Crippen LogP contribution is -2.36. The first-order chi connectivity index (χ1) is 10.8. The Bertz CT molecular complexity index is 663. The highest BCUT2D eigenvalue weighted by Crippen LogP contribution is 2.32. The van der Waals surface area contributed by atoms with E-state index in [2.05, 4.69) is 10.2 Å². The molecule has 116 valence electrons. The van der Waals surface area contributed by atoms with Gasteiger partial charge in [-0.2, -0.15) is 0 Å². The molecule has 1 saturated carbocycles. The molecule has 2 aliphatic rings. The standard InChI is InChI=1S/C17H22N4O/c22-11-12-7-9-21(10-8-12)17-16(18-13-5-6-13)19-14-3-1-2-4-15(14)20-17/h1-4,12-13,22H,5-11H2,(H,18,19). The summed E-state index contributed by atoms with van der Waals surface area (Å²) in [6.45, 7) is 2.18. The van der Waals surface area contributed by atoms with Crippen molar-refractivity contribution < 1.29 is 5.11 Å². The summed E-state index contributed by atoms with van der Waals surface area (Å²) < 4.78 is 0. The molecule has 0 spiro atoms. The SMILES string of the molecule is OCC1CCN(c2nc3ccccc3nc2NC2CC2)CC1. The van der Waals surface area contributed by atoms with Gasteiger partial charge in [0.25, 0.3) is 0 Å². The van der Waals surface area contributed by atoms with E-state index in [1.165, 1.54) is 12.8 Å². The van der Waals surface area contributed by atoms with Crippen LogP contribution in [-0.4, -0.2) is 40.8 Å². The molecule has 2 fully saturated rings. The minimum atomic E-state index is 0.296. The van der Waals surface area contributed by atoms with Gasteiger partial charge in [0.2, 0.25) is 0 Å². The molecule has 0 bridgehead atoms. The number of hydrogen-bond donors (Lipinski definition) is 2. The fourth-order valence-electron chi connectivity index (χ4n) is 3.06. The van der Waals surface area contributed by atoms with E-state index in [1.54, 1.807) is 0 Å². The van der Waals surface area contributed by atoms with Crippen molar-refractivity contribution in [3.8, 4) is 0 Å². The summed E-state index contributed by atoms with van der Waals surface area (Å²) in [6, 6.07) is 8.61. The minimum absolute atomic E-state index is 0.296. The van der Waals surface area contributed by atoms with Crippen LogP contribution >= 0.6 is 0 Å². The zero-order valence-corrected chi connectivity index (χ0v) is 12.7. The number of rotatable bonds is 4. The van der Waals surface area contributed by atoms with Crippen molar-refractivity contribution in [2.24, 2.45) is 5.92 Å². The molecule has 0 unspecified atom stereocenters. The van der Waals surface area contributed by atoms with Crippen LogP contribution in [0.1, 0.15) is 25.7 Å². The largest absolute Gasteiger partial charge is 0.396 e. The lowest BCUT2D eigenvalue weighted by molar-refractivity contribution is 0.203. The summed E-state index contributed by atoms with van der Waals surface area (Å²) in [7, 11) is 0. The number of hydrogen-bond acceptors (Lipinski definition) is 5. The number of nitrogens with one attached hydrogen (secondary N) is 1. The summed E-state index contributed by atoms with van der Waals surface area (Å²) in [5.74, 6) is 2.33. The number of aliphatic hydroxyl groups excluding tert-OH is 1. The van der Waals surface area contributed by atoms with Crippen LogP contribution in [0.5, 0.6) is 0 Å². The molecule has 1 aliphatic carbocycles. The predicted octanol–water partition coefficient (Wildman–Crippen LogP) is 2.41. The molecular weight excluding hydrogens is 276 g/mol. The number of aromatic nitrogens is 2. The van der Waals surface area contributed by atoms with Gasteiger partial charge in [0.15, 0.2) is 11.6 Å². The van der Waals surface area contributed by atoms with E-state index < -0.39 is 0 Å². The Morgan fingerprint density at radius 2 is 1.73 bits per heavy atom. The van der Waals surface area contributed by atoms with Gasteiger partial charge in [-0.25, -0.2) is 9.97 Å². The second kappa shape index (κ2) is 5.72. The van der Waals surface area contributed by atoms with E-state index in [9.17, 15) is 5.11 Å². The lowest BCUT2D eigenvalue weighted by Gasteiger charge is -2.33. The number of nitrogens with zero attached hydrogens (tertiary/aromatic N) is 3. The van der Waals surface area contributed by atoms with E-state index in [0.717, 1.165) is 48.6 Å². The third kappa shape index (κ3) is 2.73. The smallest absolute Gasteiger partial charge is 0.172 e. The van der Waals surface area contributed by atoms with E-state index in [-0.39, 0.29) is 0 Å². The van der Waals surface area contributed by atoms with Crippen molar-refractivity contribution in [2.75, 3.05) is 29.9 Å². The number of para-hydroxylation sites is 2. The quantitative estimate of drug-likeness (QED) is 0.907. The number of benzene rings is 1. The molecule has 1 saturated heterocycles. The topological polar surface area (TPSA) is 61.3 Å². The molecule has 2 aromatic rings. The van der Waals surface area contributed by atoms with Crippen LogP contribution in [0, 0.1) is 5.92 Å². The molecule has 0 radical (unpaired) electrons. The van der Waals surface area contributed by atoms with E-state index >= 15 is 0 Å². The molecule has 0 amide bonds. The summed E-state index contributed by atoms with van der Waals surface area (Å²) in [4.78, 5) is 12.0. The maximum atomic E-state index is 9.31. The highest BCUT2D eigenvalue weighted by Gasteiger charge is 2.27. The normalized spacial score (nSPS) is 19.6. The molecule has 2 N–H and O–H groups in total. The van der Waals surface area contributed by atoms with Gasteiger partial charge < -0.3 is 15.3 Å². The van der Waals surface area contributed by atoms with Crippen LogP contribution in [-0.2, 0) is 0 Å². The van der Waals surface area contributed by atoms with E-state index in [0.29, 0.717) is 18.6 Å². The number of anilines is 2. The second-order valence-corrected chi connectivity index (χ2v) is 6.42. The fraction of sp³-hybridized carbons (Fsp3) is 0.529. The highest BCUT2D eigenvalue weighted by molar-refractivity contribution is 5.80. The Morgan fingerprint density at radius 3 is 2.36 bits per heavy atom. The second-order valence-electron chi connectivity index (χ2n) is 6.42. The zero-order chi connectivity index (χ0) is 14.9. The van der Waals surface area contributed by atoms with Gasteiger partial charge in [-0.15, -0.1) is 0 Å². The van der Waals surface area contributed by atoms with Gasteiger partial charge in [0, 0.05) is 25.7 Å². The Balaban J connectivity index is 1.67. The molecular formula is C17H22N4O. The Morgan fingerprint density at radius 1 is 1.05 bits per heavy atom. The number of aliphatic hydroxyl groups is 1. The van der Waals surface area contributed by atoms with Gasteiger partial charge in [-0.05, 0) is 43.7 Å². The molecule has 22 heavy (non-hydrogen) atoms. The molecule has 1 aromatic carbocycles. The van der Waals surface area contributed by atoms with Gasteiger partial charge in [0.05, 0.1) is 11.0 Å². The molecule has 0 atom stereocenters. The summed E-state index contributed by atoms with van der Waals surface area (Å²) in [6.07, 6.45) is 4.49. The Labute approximate surface area is 130 Å². The molecule has 2 heterocycles. The summed E-state index contributed by atoms with van der Waals surface area (Å²) >= 11 is 0. The number of piperidine rings is 1. The average molecular weight is 298 g/mol. The maximum absolute atomic E-state index is 9.31. The van der Waals surface area contributed by atoms with Crippen molar-refractivity contribution in [1.29, 1.82) is 0 Å². The third-order valence-electron chi connectivity index (χ3n) is 4.64. The summed E-state index contributed by atoms with van der Waals surface area (Å²) in [5, 5.41) is 12.8. The van der Waals surface area contributed by atoms with Crippen LogP contribution in [0.3, 0.4) is 0 Å². The van der Waals surface area contributed by atoms with Crippen LogP contribution in [0.15, 0.2) is 24.3 Å². The molecule has 4 rings (SSSR count). The van der Waals surface area contributed by atoms with E-state index in [1.807, 2.05) is 24.3 Å². The Kier molecular flexibility index (Phi) is 3.58. The first kappa shape index (κ1) is 13.8. The van der Waals surface area contributed by atoms with Crippen molar-refractivity contribution in [3.05, 3.63) is 24.3 Å². The third-order valence-corrected chi connectivity index (χ3v) is 4.64. The van der Waals surface area contributed by atoms with Crippen molar-refractivity contribution in [1.82, 2.24) is 9.97 Å². The van der Waals surface area contributed by atoms with Crippen LogP contribution in [0.25, 0.3) is 11.0 Å². The van der Waals surface area contributed by atoms with Gasteiger partial charge in [0.1, 0.15) is 0 Å². The minimum Gasteiger partial charge on any atom is -0.396 e. The maximum Gasteiger partial charge on any atom is 0.172 e. The van der Waals surface area contributed by atoms with Crippen LogP contribution in [0.4, 0.5) is 11.6 Å². The van der Waals surface area contributed by atoms with Crippen molar-refractivity contribution >= 4 is 22.7 Å². The van der Waals surface area contributed by atoms with Gasteiger partial charge in [-0.1, -0.05) is 12.1 Å². The van der Waals surface area contributed by atoms with Gasteiger partial charge in [-0.3, -0.25) is 0 Å². The van der Waals surface area contributed by atoms with Crippen molar-refractivity contribution in [2.45, 2.75) is 31.7 Å². The van der Waals surface area contributed by atoms with E-state index in [4.69, 9.17) is 9.97 Å². The first-order valence-corrected chi connectivity index (χ1v) is 8.22. The molecule has 1 aromatic heterocycles. The monoisotopic (exact) mass is 298 g/mol. The fourth-order valence-corrected chi connectivity index (χ4v) is 3.06. The number of fused-ring (bicyclic) bond motifs is 1. The van der Waals surface area contributed by atoms with Crippen LogP contribution < -0.4 is 10.2 Å². The average Bonchev–Trinajstić information content (AvgIpc) is 3.38. The Hall–Kier alpha value is -1.88. The zero-order valence-electron chi connectivity index (χ0n) is 12.7. The molecule has 1 aliphatic heterocycles. The summed E-state index contributed by atoms with van der Waals surface area (Å²) in [5.41, 5.74) is 1.89.